The van der Waals surface area contributed by atoms with Gasteiger partial charge in [-0.1, -0.05) is 0 Å². The Morgan fingerprint density at radius 1 is 1.70 bits per heavy atom. The molecule has 0 saturated heterocycles. The van der Waals surface area contributed by atoms with Gasteiger partial charge < -0.3 is 5.32 Å². The van der Waals surface area contributed by atoms with Crippen LogP contribution in [0.2, 0.25) is 0 Å². The van der Waals surface area contributed by atoms with Crippen LogP contribution in [0.3, 0.4) is 0 Å². The zero-order chi connectivity index (χ0) is 7.40. The summed E-state index contributed by atoms with van der Waals surface area (Å²) < 4.78 is 0. The zero-order valence-corrected chi connectivity index (χ0v) is 5.66. The van der Waals surface area contributed by atoms with E-state index in [4.69, 9.17) is 0 Å². The van der Waals surface area contributed by atoms with Gasteiger partial charge in [0.1, 0.15) is 5.82 Å². The quantitative estimate of drug-likeness (QED) is 0.615. The highest BCUT2D eigenvalue weighted by Crippen LogP contribution is 2.02. The van der Waals surface area contributed by atoms with E-state index in [1.807, 2.05) is 13.0 Å². The van der Waals surface area contributed by atoms with Gasteiger partial charge in [-0.25, -0.2) is 4.98 Å². The van der Waals surface area contributed by atoms with Crippen molar-refractivity contribution in [2.75, 3.05) is 5.32 Å². The molecule has 0 radical (unpaired) electrons. The Bertz CT molecular complexity index is 235. The average molecular weight is 136 g/mol. The summed E-state index contributed by atoms with van der Waals surface area (Å²) in [7, 11) is 0. The van der Waals surface area contributed by atoms with Crippen molar-refractivity contribution in [3.8, 4) is 0 Å². The Balaban J connectivity index is 2.84. The molecule has 0 unspecified atom stereocenters. The van der Waals surface area contributed by atoms with Gasteiger partial charge in [-0.15, -0.1) is 0 Å². The number of amides is 1. The number of hydrogen-bond donors (Lipinski definition) is 1. The second kappa shape index (κ2) is 2.96. The summed E-state index contributed by atoms with van der Waals surface area (Å²) in [5, 5.41) is 2.46. The first kappa shape index (κ1) is 6.74. The van der Waals surface area contributed by atoms with Crippen LogP contribution in [0, 0.1) is 6.92 Å². The van der Waals surface area contributed by atoms with Gasteiger partial charge >= 0.3 is 0 Å². The lowest BCUT2D eigenvalue weighted by Gasteiger charge is -1.96. The predicted molar refractivity (Wildman–Crippen MR) is 38.7 cm³/mol. The third-order valence-corrected chi connectivity index (χ3v) is 1.12. The number of anilines is 1. The molecule has 3 heteroatoms. The van der Waals surface area contributed by atoms with E-state index in [-0.39, 0.29) is 0 Å². The fraction of sp³-hybridized carbons (Fsp3) is 0.143. The lowest BCUT2D eigenvalue weighted by molar-refractivity contribution is -0.105. The fourth-order valence-electron chi connectivity index (χ4n) is 0.675. The number of hydrogen-bond acceptors (Lipinski definition) is 2. The van der Waals surface area contributed by atoms with Gasteiger partial charge in [0.15, 0.2) is 0 Å². The van der Waals surface area contributed by atoms with Gasteiger partial charge in [-0.3, -0.25) is 4.79 Å². The van der Waals surface area contributed by atoms with Gasteiger partial charge in [-0.05, 0) is 24.6 Å². The largest absolute Gasteiger partial charge is 0.313 e. The Morgan fingerprint density at radius 3 is 3.10 bits per heavy atom. The normalized spacial score (nSPS) is 8.90. The molecule has 0 spiro atoms. The van der Waals surface area contributed by atoms with Crippen molar-refractivity contribution in [3.05, 3.63) is 23.9 Å². The van der Waals surface area contributed by atoms with Crippen LogP contribution < -0.4 is 5.32 Å². The molecule has 0 aliphatic carbocycles. The first-order valence-corrected chi connectivity index (χ1v) is 2.96. The Kier molecular flexibility index (Phi) is 1.99. The lowest BCUT2D eigenvalue weighted by atomic mass is 10.3. The maximum Gasteiger partial charge on any atom is 0.212 e. The number of pyridine rings is 1. The zero-order valence-electron chi connectivity index (χ0n) is 5.66. The summed E-state index contributed by atoms with van der Waals surface area (Å²) in [6, 6.07) is 3.67. The Labute approximate surface area is 59.1 Å². The third kappa shape index (κ3) is 1.55. The van der Waals surface area contributed by atoms with Gasteiger partial charge in [0.05, 0.1) is 0 Å². The first-order valence-electron chi connectivity index (χ1n) is 2.96. The number of carbonyl (C=O) groups excluding carboxylic acids is 1. The third-order valence-electron chi connectivity index (χ3n) is 1.12. The summed E-state index contributed by atoms with van der Waals surface area (Å²) in [6.07, 6.45) is 2.27. The molecule has 1 rings (SSSR count). The van der Waals surface area contributed by atoms with Crippen LogP contribution in [0.4, 0.5) is 5.82 Å². The van der Waals surface area contributed by atoms with Crippen molar-refractivity contribution in [1.29, 1.82) is 0 Å². The van der Waals surface area contributed by atoms with E-state index in [1.165, 1.54) is 0 Å². The molecule has 0 aliphatic heterocycles. The highest BCUT2D eigenvalue weighted by Gasteiger charge is 1.88. The summed E-state index contributed by atoms with van der Waals surface area (Å²) in [5.41, 5.74) is 1.08. The van der Waals surface area contributed by atoms with E-state index in [1.54, 1.807) is 12.3 Å². The molecule has 1 amide bonds. The molecule has 1 aromatic heterocycles. The van der Waals surface area contributed by atoms with Crippen LogP contribution in [0.25, 0.3) is 0 Å². The van der Waals surface area contributed by atoms with E-state index in [9.17, 15) is 4.79 Å². The Hall–Kier alpha value is -1.38. The van der Waals surface area contributed by atoms with Crippen LogP contribution in [0.1, 0.15) is 5.56 Å². The van der Waals surface area contributed by atoms with Crippen molar-refractivity contribution in [2.45, 2.75) is 6.92 Å². The summed E-state index contributed by atoms with van der Waals surface area (Å²) >= 11 is 0. The molecular weight excluding hydrogens is 128 g/mol. The number of rotatable bonds is 2. The Morgan fingerprint density at radius 2 is 2.50 bits per heavy atom. The van der Waals surface area contributed by atoms with Crippen LogP contribution in [-0.2, 0) is 4.79 Å². The number of nitrogens with one attached hydrogen (secondary N) is 1. The number of aryl methyl sites for hydroxylation is 1. The molecule has 0 aliphatic rings. The SMILES string of the molecule is Cc1ccnc(NC=O)c1. The predicted octanol–water partition coefficient (Wildman–Crippen LogP) is 0.958. The molecular formula is C7H8N2O. The second-order valence-corrected chi connectivity index (χ2v) is 1.98. The molecule has 1 aromatic rings. The van der Waals surface area contributed by atoms with Crippen LogP contribution in [0.15, 0.2) is 18.3 Å². The molecule has 0 saturated carbocycles. The summed E-state index contributed by atoms with van der Waals surface area (Å²) in [5.74, 6) is 0.593. The monoisotopic (exact) mass is 136 g/mol. The van der Waals surface area contributed by atoms with Gasteiger partial charge in [0.25, 0.3) is 0 Å². The average Bonchev–Trinajstić information content (AvgIpc) is 1.88. The minimum absolute atomic E-state index is 0.593. The molecule has 0 fully saturated rings. The number of carbonyl (C=O) groups is 1. The standard InChI is InChI=1S/C7H8N2O/c1-6-2-3-8-7(4-6)9-5-10/h2-5H,1H3,(H,8,9,10). The minimum atomic E-state index is 0.593. The van der Waals surface area contributed by atoms with Crippen LogP contribution in [0.5, 0.6) is 0 Å². The number of nitrogens with zero attached hydrogens (tertiary/aromatic N) is 1. The van der Waals surface area contributed by atoms with E-state index < -0.39 is 0 Å². The van der Waals surface area contributed by atoms with E-state index in [2.05, 4.69) is 10.3 Å². The molecule has 0 aromatic carbocycles. The topological polar surface area (TPSA) is 42.0 Å². The van der Waals surface area contributed by atoms with Gasteiger partial charge in [-0.2, -0.15) is 0 Å². The van der Waals surface area contributed by atoms with Crippen molar-refractivity contribution in [3.63, 3.8) is 0 Å². The van der Waals surface area contributed by atoms with E-state index in [0.717, 1.165) is 5.56 Å². The van der Waals surface area contributed by atoms with Crippen molar-refractivity contribution >= 4 is 12.2 Å². The van der Waals surface area contributed by atoms with Crippen molar-refractivity contribution < 1.29 is 4.79 Å². The molecule has 1 heterocycles. The fourth-order valence-corrected chi connectivity index (χ4v) is 0.675. The highest BCUT2D eigenvalue weighted by atomic mass is 16.1. The molecule has 52 valence electrons. The molecule has 10 heavy (non-hydrogen) atoms. The molecule has 0 bridgehead atoms. The summed E-state index contributed by atoms with van der Waals surface area (Å²) in [6.45, 7) is 1.94. The maximum atomic E-state index is 9.93. The van der Waals surface area contributed by atoms with E-state index in [0.29, 0.717) is 12.2 Å². The second-order valence-electron chi connectivity index (χ2n) is 1.98. The lowest BCUT2D eigenvalue weighted by Crippen LogP contribution is -1.95. The number of aromatic nitrogens is 1. The molecule has 0 atom stereocenters. The molecule has 3 nitrogen and oxygen atoms in total. The molecule has 1 N–H and O–H groups in total. The van der Waals surface area contributed by atoms with Gasteiger partial charge in [0, 0.05) is 6.20 Å². The minimum Gasteiger partial charge on any atom is -0.313 e. The van der Waals surface area contributed by atoms with Gasteiger partial charge in [0.2, 0.25) is 6.41 Å². The first-order chi connectivity index (χ1) is 4.83. The highest BCUT2D eigenvalue weighted by molar-refractivity contribution is 5.68. The van der Waals surface area contributed by atoms with Crippen molar-refractivity contribution in [2.24, 2.45) is 0 Å². The van der Waals surface area contributed by atoms with E-state index >= 15 is 0 Å². The summed E-state index contributed by atoms with van der Waals surface area (Å²) in [4.78, 5) is 13.8. The van der Waals surface area contributed by atoms with Crippen LogP contribution in [-0.4, -0.2) is 11.4 Å². The maximum absolute atomic E-state index is 9.93. The smallest absolute Gasteiger partial charge is 0.212 e. The van der Waals surface area contributed by atoms with Crippen LogP contribution >= 0.6 is 0 Å². The van der Waals surface area contributed by atoms with Crippen molar-refractivity contribution in [1.82, 2.24) is 4.98 Å².